The molecule has 0 spiro atoms. The van der Waals surface area contributed by atoms with Crippen molar-refractivity contribution in [3.8, 4) is 11.5 Å². The van der Waals surface area contributed by atoms with Gasteiger partial charge in [0.25, 0.3) is 0 Å². The molecule has 0 radical (unpaired) electrons. The van der Waals surface area contributed by atoms with Crippen LogP contribution in [0.15, 0.2) is 24.3 Å². The summed E-state index contributed by atoms with van der Waals surface area (Å²) in [6.45, 7) is 1.20. The van der Waals surface area contributed by atoms with Crippen molar-refractivity contribution in [1.82, 2.24) is 0 Å². The van der Waals surface area contributed by atoms with Gasteiger partial charge in [-0.1, -0.05) is 11.6 Å². The lowest BCUT2D eigenvalue weighted by Gasteiger charge is -2.08. The number of rotatable bonds is 2. The quantitative estimate of drug-likeness (QED) is 0.824. The maximum Gasteiger partial charge on any atom is 0.329 e. The zero-order valence-electron chi connectivity index (χ0n) is 8.98. The lowest BCUT2D eigenvalue weighted by Crippen LogP contribution is -1.97. The summed E-state index contributed by atoms with van der Waals surface area (Å²) in [5, 5.41) is 8.77. The first-order valence-corrected chi connectivity index (χ1v) is 5.55. The number of aliphatic carboxylic acids is 1. The first-order chi connectivity index (χ1) is 8.16. The smallest absolute Gasteiger partial charge is 0.329 e. The monoisotopic (exact) mass is 254 g/mol. The van der Waals surface area contributed by atoms with E-state index in [0.717, 1.165) is 12.5 Å². The SMILES string of the molecule is O=C(O)/C=C(/Cl)c1ccc2c(c1)OCCCO2. The number of hydrogen-bond acceptors (Lipinski definition) is 3. The molecule has 0 unspecified atom stereocenters. The Morgan fingerprint density at radius 2 is 2.00 bits per heavy atom. The maximum absolute atomic E-state index is 10.5. The van der Waals surface area contributed by atoms with Crippen molar-refractivity contribution in [3.63, 3.8) is 0 Å². The number of halogens is 1. The summed E-state index contributed by atoms with van der Waals surface area (Å²) in [7, 11) is 0. The van der Waals surface area contributed by atoms with Crippen molar-refractivity contribution in [3.05, 3.63) is 29.8 Å². The van der Waals surface area contributed by atoms with Crippen LogP contribution in [0.1, 0.15) is 12.0 Å². The molecule has 90 valence electrons. The molecule has 0 aromatic heterocycles. The molecule has 0 aliphatic carbocycles. The minimum absolute atomic E-state index is 0.160. The largest absolute Gasteiger partial charge is 0.490 e. The second-order valence-corrected chi connectivity index (χ2v) is 3.95. The van der Waals surface area contributed by atoms with Gasteiger partial charge in [-0.15, -0.1) is 0 Å². The molecule has 1 aliphatic heterocycles. The highest BCUT2D eigenvalue weighted by molar-refractivity contribution is 6.50. The summed E-state index contributed by atoms with van der Waals surface area (Å²) in [6.07, 6.45) is 1.77. The standard InChI is InChI=1S/C12H11ClO4/c13-9(7-12(14)15)8-2-3-10-11(6-8)17-5-1-4-16-10/h2-3,6-7H,1,4-5H2,(H,14,15)/b9-7+. The fraction of sp³-hybridized carbons (Fsp3) is 0.250. The van der Waals surface area contributed by atoms with E-state index >= 15 is 0 Å². The molecule has 1 aliphatic rings. The molecule has 0 saturated carbocycles. The molecule has 2 rings (SSSR count). The van der Waals surface area contributed by atoms with Crippen LogP contribution in [0.2, 0.25) is 0 Å². The lowest BCUT2D eigenvalue weighted by atomic mass is 10.2. The molecule has 4 nitrogen and oxygen atoms in total. The molecule has 0 saturated heterocycles. The summed E-state index contributed by atoms with van der Waals surface area (Å²) in [5.41, 5.74) is 0.596. The predicted molar refractivity (Wildman–Crippen MR) is 63.5 cm³/mol. The van der Waals surface area contributed by atoms with Gasteiger partial charge in [-0.3, -0.25) is 0 Å². The van der Waals surface area contributed by atoms with Gasteiger partial charge in [0.2, 0.25) is 0 Å². The van der Waals surface area contributed by atoms with E-state index in [1.54, 1.807) is 18.2 Å². The molecule has 1 heterocycles. The van der Waals surface area contributed by atoms with Crippen LogP contribution in [0.3, 0.4) is 0 Å². The molecule has 0 amide bonds. The Labute approximate surface area is 103 Å². The molecule has 5 heteroatoms. The molecule has 17 heavy (non-hydrogen) atoms. The molecule has 0 atom stereocenters. The van der Waals surface area contributed by atoms with Gasteiger partial charge >= 0.3 is 5.97 Å². The Morgan fingerprint density at radius 1 is 1.29 bits per heavy atom. The Bertz CT molecular complexity index is 468. The van der Waals surface area contributed by atoms with Gasteiger partial charge < -0.3 is 14.6 Å². The van der Waals surface area contributed by atoms with E-state index < -0.39 is 5.97 Å². The van der Waals surface area contributed by atoms with Gasteiger partial charge in [0.1, 0.15) is 0 Å². The van der Waals surface area contributed by atoms with Crippen LogP contribution < -0.4 is 9.47 Å². The van der Waals surface area contributed by atoms with Gasteiger partial charge in [0.05, 0.1) is 18.2 Å². The highest BCUT2D eigenvalue weighted by atomic mass is 35.5. The Morgan fingerprint density at radius 3 is 2.71 bits per heavy atom. The number of benzene rings is 1. The molecular weight excluding hydrogens is 244 g/mol. The highest BCUT2D eigenvalue weighted by Gasteiger charge is 2.12. The third kappa shape index (κ3) is 2.91. The number of fused-ring (bicyclic) bond motifs is 1. The van der Waals surface area contributed by atoms with Crippen LogP contribution in [0, 0.1) is 0 Å². The third-order valence-corrected chi connectivity index (χ3v) is 2.60. The van der Waals surface area contributed by atoms with Gasteiger partial charge in [-0.25, -0.2) is 4.79 Å². The van der Waals surface area contributed by atoms with Crippen molar-refractivity contribution < 1.29 is 19.4 Å². The summed E-state index contributed by atoms with van der Waals surface area (Å²) in [4.78, 5) is 10.5. The van der Waals surface area contributed by atoms with E-state index in [1.165, 1.54) is 0 Å². The predicted octanol–water partition coefficient (Wildman–Crippen LogP) is 2.51. The normalized spacial score (nSPS) is 15.2. The van der Waals surface area contributed by atoms with Gasteiger partial charge in [-0.05, 0) is 23.8 Å². The van der Waals surface area contributed by atoms with Gasteiger partial charge in [0, 0.05) is 12.5 Å². The van der Waals surface area contributed by atoms with Crippen molar-refractivity contribution in [2.75, 3.05) is 13.2 Å². The van der Waals surface area contributed by atoms with Crippen molar-refractivity contribution in [2.24, 2.45) is 0 Å². The second-order valence-electron chi connectivity index (χ2n) is 3.54. The average Bonchev–Trinajstić information content (AvgIpc) is 2.51. The molecule has 1 aromatic carbocycles. The van der Waals surface area contributed by atoms with E-state index in [1.807, 2.05) is 0 Å². The van der Waals surface area contributed by atoms with E-state index in [0.29, 0.717) is 30.3 Å². The van der Waals surface area contributed by atoms with Crippen LogP contribution in [0.5, 0.6) is 11.5 Å². The lowest BCUT2D eigenvalue weighted by molar-refractivity contribution is -0.131. The minimum atomic E-state index is -1.08. The third-order valence-electron chi connectivity index (χ3n) is 2.27. The van der Waals surface area contributed by atoms with E-state index in [4.69, 9.17) is 26.2 Å². The fourth-order valence-electron chi connectivity index (χ4n) is 1.50. The van der Waals surface area contributed by atoms with Crippen molar-refractivity contribution in [2.45, 2.75) is 6.42 Å². The Hall–Kier alpha value is -1.68. The molecule has 0 bridgehead atoms. The summed E-state index contributed by atoms with van der Waals surface area (Å²) < 4.78 is 10.9. The van der Waals surface area contributed by atoms with Crippen molar-refractivity contribution in [1.29, 1.82) is 0 Å². The molecule has 1 aromatic rings. The van der Waals surface area contributed by atoms with E-state index in [2.05, 4.69) is 0 Å². The van der Waals surface area contributed by atoms with Crippen LogP contribution in [-0.2, 0) is 4.79 Å². The molecular formula is C12H11ClO4. The van der Waals surface area contributed by atoms with Crippen LogP contribution >= 0.6 is 11.6 Å². The number of carboxylic acids is 1. The van der Waals surface area contributed by atoms with Crippen LogP contribution in [0.25, 0.3) is 5.03 Å². The second kappa shape index (κ2) is 5.10. The maximum atomic E-state index is 10.5. The number of hydrogen-bond donors (Lipinski definition) is 1. The minimum Gasteiger partial charge on any atom is -0.490 e. The average molecular weight is 255 g/mol. The van der Waals surface area contributed by atoms with Gasteiger partial charge in [0.15, 0.2) is 11.5 Å². The first-order valence-electron chi connectivity index (χ1n) is 5.17. The molecule has 1 N–H and O–H groups in total. The summed E-state index contributed by atoms with van der Waals surface area (Å²) in [5.74, 6) is 0.171. The first kappa shape index (κ1) is 11.8. The van der Waals surface area contributed by atoms with Crippen LogP contribution in [0.4, 0.5) is 0 Å². The van der Waals surface area contributed by atoms with E-state index in [9.17, 15) is 4.79 Å². The fourth-order valence-corrected chi connectivity index (χ4v) is 1.71. The van der Waals surface area contributed by atoms with E-state index in [-0.39, 0.29) is 5.03 Å². The van der Waals surface area contributed by atoms with Crippen LogP contribution in [-0.4, -0.2) is 24.3 Å². The number of carbonyl (C=O) groups is 1. The van der Waals surface area contributed by atoms with Gasteiger partial charge in [-0.2, -0.15) is 0 Å². The number of ether oxygens (including phenoxy) is 2. The zero-order valence-corrected chi connectivity index (χ0v) is 9.74. The summed E-state index contributed by atoms with van der Waals surface area (Å²) in [6, 6.07) is 5.12. The number of carboxylic acid groups (broad SMARTS) is 1. The van der Waals surface area contributed by atoms with Crippen molar-refractivity contribution >= 4 is 22.6 Å². The molecule has 0 fully saturated rings. The summed E-state index contributed by atoms with van der Waals surface area (Å²) >= 11 is 5.87. The Balaban J connectivity index is 2.32. The highest BCUT2D eigenvalue weighted by Crippen LogP contribution is 2.33. The Kier molecular flexibility index (Phi) is 3.54. The zero-order chi connectivity index (χ0) is 12.3. The topological polar surface area (TPSA) is 55.8 Å².